The first-order valence-electron chi connectivity index (χ1n) is 8.17. The normalized spacial score (nSPS) is 16.0. The van der Waals surface area contributed by atoms with Crippen molar-refractivity contribution in [2.75, 3.05) is 42.9 Å². The van der Waals surface area contributed by atoms with Gasteiger partial charge in [-0.3, -0.25) is 0 Å². The Morgan fingerprint density at radius 3 is 2.58 bits per heavy atom. The highest BCUT2D eigenvalue weighted by atomic mass is 35.5. The van der Waals surface area contributed by atoms with Gasteiger partial charge < -0.3 is 15.1 Å². The van der Waals surface area contributed by atoms with Crippen LogP contribution < -0.4 is 10.2 Å². The molecule has 140 valence electrons. The van der Waals surface area contributed by atoms with E-state index in [1.54, 1.807) is 6.20 Å². The molecule has 0 radical (unpaired) electrons. The molecule has 1 aromatic heterocycles. The number of hydrogen-bond donors (Lipinski definition) is 1. The van der Waals surface area contributed by atoms with Gasteiger partial charge in [0.15, 0.2) is 5.82 Å². The number of nitrogens with zero attached hydrogens (tertiary/aromatic N) is 5. The number of likely N-dealkylation sites (N-methyl/N-ethyl adjacent to an activating group) is 1. The van der Waals surface area contributed by atoms with Gasteiger partial charge in [-0.25, -0.2) is 0 Å². The summed E-state index contributed by atoms with van der Waals surface area (Å²) in [6, 6.07) is 3.04. The van der Waals surface area contributed by atoms with Gasteiger partial charge in [-0.05, 0) is 24.7 Å². The molecule has 0 bridgehead atoms. The molecule has 3 rings (SSSR count). The first kappa shape index (κ1) is 18.7. The molecule has 1 aliphatic heterocycles. The molecule has 1 fully saturated rings. The van der Waals surface area contributed by atoms with E-state index in [0.29, 0.717) is 5.82 Å². The fourth-order valence-electron chi connectivity index (χ4n) is 2.71. The smallest absolute Gasteiger partial charge is 0.353 e. The predicted octanol–water partition coefficient (Wildman–Crippen LogP) is 3.43. The number of rotatable bonds is 4. The number of alkyl halides is 3. The summed E-state index contributed by atoms with van der Waals surface area (Å²) in [6.07, 6.45) is -2.92. The van der Waals surface area contributed by atoms with Gasteiger partial charge in [-0.1, -0.05) is 18.5 Å². The van der Waals surface area contributed by atoms with E-state index in [0.717, 1.165) is 44.9 Å². The minimum absolute atomic E-state index is 0.0799. The summed E-state index contributed by atoms with van der Waals surface area (Å²) in [4.78, 5) is 8.75. The Bertz CT molecular complexity index is 762. The highest BCUT2D eigenvalue weighted by molar-refractivity contribution is 6.33. The molecule has 1 aromatic carbocycles. The van der Waals surface area contributed by atoms with Gasteiger partial charge in [-0.15, -0.1) is 5.10 Å². The van der Waals surface area contributed by atoms with Gasteiger partial charge >= 0.3 is 6.18 Å². The fraction of sp³-hybridized carbons (Fsp3) is 0.438. The van der Waals surface area contributed by atoms with Crippen LogP contribution in [0.4, 0.5) is 30.6 Å². The van der Waals surface area contributed by atoms with E-state index < -0.39 is 11.7 Å². The molecule has 2 aromatic rings. The van der Waals surface area contributed by atoms with Gasteiger partial charge in [0.2, 0.25) is 5.95 Å². The molecule has 10 heteroatoms. The van der Waals surface area contributed by atoms with Gasteiger partial charge in [0, 0.05) is 26.2 Å². The highest BCUT2D eigenvalue weighted by Gasteiger charge is 2.31. The van der Waals surface area contributed by atoms with Crippen LogP contribution in [-0.2, 0) is 6.18 Å². The molecular weight excluding hydrogens is 369 g/mol. The molecule has 0 unspecified atom stereocenters. The lowest BCUT2D eigenvalue weighted by Gasteiger charge is -2.34. The van der Waals surface area contributed by atoms with Crippen molar-refractivity contribution in [3.8, 4) is 0 Å². The highest BCUT2D eigenvalue weighted by Crippen LogP contribution is 2.34. The molecule has 1 aliphatic rings. The lowest BCUT2D eigenvalue weighted by molar-refractivity contribution is -0.137. The van der Waals surface area contributed by atoms with Gasteiger partial charge in [0.05, 0.1) is 22.5 Å². The van der Waals surface area contributed by atoms with Crippen LogP contribution in [0.2, 0.25) is 5.02 Å². The Hall–Kier alpha value is -2.13. The summed E-state index contributed by atoms with van der Waals surface area (Å²) in [5.74, 6) is 0.725. The summed E-state index contributed by atoms with van der Waals surface area (Å²) < 4.78 is 38.6. The second-order valence-electron chi connectivity index (χ2n) is 5.88. The Morgan fingerprint density at radius 2 is 1.92 bits per heavy atom. The van der Waals surface area contributed by atoms with E-state index in [9.17, 15) is 13.2 Å². The number of anilines is 3. The second kappa shape index (κ2) is 7.63. The zero-order valence-electron chi connectivity index (χ0n) is 14.1. The molecule has 0 spiro atoms. The lowest BCUT2D eigenvalue weighted by atomic mass is 10.2. The lowest BCUT2D eigenvalue weighted by Crippen LogP contribution is -2.46. The SMILES string of the molecule is CCN1CCN(c2cnnc(Nc3cc(C(F)(F)F)ccc3Cl)n2)CC1. The zero-order chi connectivity index (χ0) is 18.7. The average Bonchev–Trinajstić information content (AvgIpc) is 2.63. The fourth-order valence-corrected chi connectivity index (χ4v) is 2.88. The maximum Gasteiger partial charge on any atom is 0.416 e. The van der Waals surface area contributed by atoms with Crippen molar-refractivity contribution in [2.45, 2.75) is 13.1 Å². The maximum absolute atomic E-state index is 12.9. The summed E-state index contributed by atoms with van der Waals surface area (Å²) in [6.45, 7) is 6.55. The molecule has 0 saturated carbocycles. The Labute approximate surface area is 154 Å². The summed E-state index contributed by atoms with van der Waals surface area (Å²) in [7, 11) is 0. The molecule has 6 nitrogen and oxygen atoms in total. The first-order chi connectivity index (χ1) is 12.4. The largest absolute Gasteiger partial charge is 0.416 e. The minimum Gasteiger partial charge on any atom is -0.353 e. The van der Waals surface area contributed by atoms with Crippen LogP contribution in [0.3, 0.4) is 0 Å². The molecule has 2 heterocycles. The third-order valence-electron chi connectivity index (χ3n) is 4.23. The van der Waals surface area contributed by atoms with Crippen LogP contribution in [0, 0.1) is 0 Å². The first-order valence-corrected chi connectivity index (χ1v) is 8.55. The zero-order valence-corrected chi connectivity index (χ0v) is 14.8. The van der Waals surface area contributed by atoms with Crippen LogP contribution in [0.1, 0.15) is 12.5 Å². The number of halogens is 4. The third kappa shape index (κ3) is 4.34. The number of piperazine rings is 1. The van der Waals surface area contributed by atoms with E-state index in [4.69, 9.17) is 11.6 Å². The molecule has 0 aliphatic carbocycles. The van der Waals surface area contributed by atoms with Gasteiger partial charge in [-0.2, -0.15) is 23.3 Å². The molecular formula is C16H18ClF3N6. The summed E-state index contributed by atoms with van der Waals surface area (Å²) in [5, 5.41) is 10.6. The van der Waals surface area contributed by atoms with Crippen LogP contribution in [-0.4, -0.2) is 52.8 Å². The van der Waals surface area contributed by atoms with E-state index >= 15 is 0 Å². The predicted molar refractivity (Wildman–Crippen MR) is 93.9 cm³/mol. The van der Waals surface area contributed by atoms with Crippen LogP contribution in [0.25, 0.3) is 0 Å². The Kier molecular flexibility index (Phi) is 5.47. The van der Waals surface area contributed by atoms with Crippen LogP contribution >= 0.6 is 11.6 Å². The molecule has 1 N–H and O–H groups in total. The maximum atomic E-state index is 12.9. The topological polar surface area (TPSA) is 57.2 Å². The van der Waals surface area contributed by atoms with E-state index in [-0.39, 0.29) is 16.7 Å². The van der Waals surface area contributed by atoms with E-state index in [2.05, 4.69) is 37.2 Å². The van der Waals surface area contributed by atoms with Crippen molar-refractivity contribution in [1.82, 2.24) is 20.1 Å². The quantitative estimate of drug-likeness (QED) is 0.868. The van der Waals surface area contributed by atoms with Gasteiger partial charge in [0.1, 0.15) is 0 Å². The van der Waals surface area contributed by atoms with Crippen molar-refractivity contribution >= 4 is 29.1 Å². The van der Waals surface area contributed by atoms with Crippen molar-refractivity contribution in [2.24, 2.45) is 0 Å². The number of nitrogens with one attached hydrogen (secondary N) is 1. The number of benzene rings is 1. The van der Waals surface area contributed by atoms with Crippen LogP contribution in [0.5, 0.6) is 0 Å². The molecule has 1 saturated heterocycles. The van der Waals surface area contributed by atoms with Crippen molar-refractivity contribution in [3.63, 3.8) is 0 Å². The second-order valence-corrected chi connectivity index (χ2v) is 6.28. The van der Waals surface area contributed by atoms with Crippen molar-refractivity contribution < 1.29 is 13.2 Å². The van der Waals surface area contributed by atoms with E-state index in [1.165, 1.54) is 6.07 Å². The number of hydrogen-bond acceptors (Lipinski definition) is 6. The summed E-state index contributed by atoms with van der Waals surface area (Å²) in [5.41, 5.74) is -0.722. The minimum atomic E-state index is -4.46. The standard InChI is InChI=1S/C16H18ClF3N6/c1-2-25-5-7-26(8-6-25)14-10-21-24-15(23-14)22-13-9-11(16(18,19)20)3-4-12(13)17/h3-4,9-10H,2,5-8H2,1H3,(H,22,23,24). The summed E-state index contributed by atoms with van der Waals surface area (Å²) >= 11 is 5.99. The third-order valence-corrected chi connectivity index (χ3v) is 4.56. The molecule has 26 heavy (non-hydrogen) atoms. The van der Waals surface area contributed by atoms with Gasteiger partial charge in [0.25, 0.3) is 0 Å². The van der Waals surface area contributed by atoms with Crippen molar-refractivity contribution in [3.05, 3.63) is 35.0 Å². The van der Waals surface area contributed by atoms with Crippen LogP contribution in [0.15, 0.2) is 24.4 Å². The molecule has 0 amide bonds. The van der Waals surface area contributed by atoms with Crippen molar-refractivity contribution in [1.29, 1.82) is 0 Å². The average molecular weight is 387 g/mol. The Balaban J connectivity index is 1.77. The molecule has 0 atom stereocenters. The monoisotopic (exact) mass is 386 g/mol. The van der Waals surface area contributed by atoms with E-state index in [1.807, 2.05) is 0 Å². The number of aromatic nitrogens is 3. The Morgan fingerprint density at radius 1 is 1.19 bits per heavy atom.